The minimum atomic E-state index is -4.51. The number of carbonyl (C=O) groups excluding carboxylic acids is 1. The second-order valence-corrected chi connectivity index (χ2v) is 6.49. The Morgan fingerprint density at radius 3 is 2.73 bits per heavy atom. The average molecular weight is 391 g/mol. The number of likely N-dealkylation sites (tertiary alicyclic amines) is 1. The normalized spacial score (nSPS) is 22.3. The zero-order valence-corrected chi connectivity index (χ0v) is 15.0. The van der Waals surface area contributed by atoms with E-state index in [0.29, 0.717) is 19.1 Å². The number of nitrogens with one attached hydrogen (secondary N) is 1. The van der Waals surface area contributed by atoms with Crippen LogP contribution in [0.25, 0.3) is 0 Å². The molecule has 2 fully saturated rings. The minimum Gasteiger partial charge on any atom is -0.489 e. The van der Waals surface area contributed by atoms with Crippen LogP contribution in [0, 0.1) is 0 Å². The molecule has 3 rings (SSSR count). The van der Waals surface area contributed by atoms with E-state index in [0.717, 1.165) is 31.4 Å². The van der Waals surface area contributed by atoms with E-state index in [-0.39, 0.29) is 36.4 Å². The third kappa shape index (κ3) is 4.51. The summed E-state index contributed by atoms with van der Waals surface area (Å²) in [5, 5.41) is 3.46. The van der Waals surface area contributed by atoms with Crippen molar-refractivity contribution in [3.8, 4) is 5.75 Å². The van der Waals surface area contributed by atoms with Crippen molar-refractivity contribution in [2.75, 3.05) is 19.7 Å². The Hall–Kier alpha value is -1.73. The van der Waals surface area contributed by atoms with Crippen LogP contribution >= 0.6 is 12.4 Å². The Balaban J connectivity index is 0.00000243. The Morgan fingerprint density at radius 2 is 2.04 bits per heavy atom. The number of alkyl halides is 3. The van der Waals surface area contributed by atoms with Crippen LogP contribution in [0.15, 0.2) is 30.9 Å². The molecular formula is C18H22ClF3N2O2. The van der Waals surface area contributed by atoms with Gasteiger partial charge in [-0.1, -0.05) is 12.7 Å². The topological polar surface area (TPSA) is 41.6 Å². The van der Waals surface area contributed by atoms with Gasteiger partial charge in [-0.2, -0.15) is 13.2 Å². The van der Waals surface area contributed by atoms with Gasteiger partial charge in [0.1, 0.15) is 12.4 Å². The summed E-state index contributed by atoms with van der Waals surface area (Å²) in [4.78, 5) is 14.5. The molecule has 144 valence electrons. The molecule has 26 heavy (non-hydrogen) atoms. The summed E-state index contributed by atoms with van der Waals surface area (Å²) in [5.74, 6) is -0.264. The second kappa shape index (κ2) is 8.31. The van der Waals surface area contributed by atoms with Crippen molar-refractivity contribution < 1.29 is 22.7 Å². The quantitative estimate of drug-likeness (QED) is 0.798. The highest BCUT2D eigenvalue weighted by Crippen LogP contribution is 2.33. The molecule has 8 heteroatoms. The van der Waals surface area contributed by atoms with E-state index < -0.39 is 17.6 Å². The fourth-order valence-electron chi connectivity index (χ4n) is 3.45. The number of nitrogens with zero attached hydrogens (tertiary/aromatic N) is 1. The Labute approximate surface area is 156 Å². The van der Waals surface area contributed by atoms with Crippen LogP contribution in [0.5, 0.6) is 5.75 Å². The van der Waals surface area contributed by atoms with Gasteiger partial charge in [-0.05, 0) is 37.5 Å². The number of rotatable bonds is 4. The van der Waals surface area contributed by atoms with E-state index in [9.17, 15) is 18.0 Å². The smallest absolute Gasteiger partial charge is 0.416 e. The van der Waals surface area contributed by atoms with Crippen LogP contribution < -0.4 is 10.1 Å². The van der Waals surface area contributed by atoms with Gasteiger partial charge in [0.25, 0.3) is 5.91 Å². The molecule has 0 aliphatic carbocycles. The first kappa shape index (κ1) is 20.6. The van der Waals surface area contributed by atoms with E-state index in [2.05, 4.69) is 11.9 Å². The Morgan fingerprint density at radius 1 is 1.31 bits per heavy atom. The standard InChI is InChI=1S/C18H21F3N2O2.ClH/c1-2-9-25-16-6-3-12(18(19,20)21)10-15(16)17(24)23-8-7-13-4-5-14(11-23)22-13;/h2-3,6,10,13-14,22H,1,4-5,7-9,11H2;1H. The lowest BCUT2D eigenvalue weighted by molar-refractivity contribution is -0.137. The first-order valence-corrected chi connectivity index (χ1v) is 8.38. The van der Waals surface area contributed by atoms with Gasteiger partial charge in [-0.25, -0.2) is 0 Å². The van der Waals surface area contributed by atoms with E-state index in [4.69, 9.17) is 4.74 Å². The number of ether oxygens (including phenoxy) is 1. The monoisotopic (exact) mass is 390 g/mol. The highest BCUT2D eigenvalue weighted by molar-refractivity contribution is 5.97. The molecule has 1 aromatic rings. The molecule has 2 aliphatic heterocycles. The summed E-state index contributed by atoms with van der Waals surface area (Å²) in [6, 6.07) is 3.63. The van der Waals surface area contributed by atoms with Crippen LogP contribution in [0.4, 0.5) is 13.2 Å². The lowest BCUT2D eigenvalue weighted by atomic mass is 10.0. The molecule has 2 bridgehead atoms. The van der Waals surface area contributed by atoms with Crippen molar-refractivity contribution >= 4 is 18.3 Å². The largest absolute Gasteiger partial charge is 0.489 e. The number of benzene rings is 1. The zero-order chi connectivity index (χ0) is 18.0. The van der Waals surface area contributed by atoms with Gasteiger partial charge < -0.3 is 15.0 Å². The van der Waals surface area contributed by atoms with Crippen molar-refractivity contribution in [3.63, 3.8) is 0 Å². The fraction of sp³-hybridized carbons (Fsp3) is 0.500. The number of hydrogen-bond acceptors (Lipinski definition) is 3. The van der Waals surface area contributed by atoms with Crippen LogP contribution in [0.3, 0.4) is 0 Å². The number of carbonyl (C=O) groups is 1. The van der Waals surface area contributed by atoms with Gasteiger partial charge in [0.05, 0.1) is 11.1 Å². The molecular weight excluding hydrogens is 369 g/mol. The van der Waals surface area contributed by atoms with Crippen molar-refractivity contribution in [3.05, 3.63) is 42.0 Å². The first-order chi connectivity index (χ1) is 11.9. The number of hydrogen-bond donors (Lipinski definition) is 1. The first-order valence-electron chi connectivity index (χ1n) is 8.38. The van der Waals surface area contributed by atoms with Crippen LogP contribution in [0.2, 0.25) is 0 Å². The molecule has 2 atom stereocenters. The summed E-state index contributed by atoms with van der Waals surface area (Å²) in [7, 11) is 0. The molecule has 0 aromatic heterocycles. The van der Waals surface area contributed by atoms with Crippen molar-refractivity contribution in [1.29, 1.82) is 0 Å². The maximum Gasteiger partial charge on any atom is 0.416 e. The van der Waals surface area contributed by atoms with Gasteiger partial charge >= 0.3 is 6.18 Å². The van der Waals surface area contributed by atoms with E-state index in [1.807, 2.05) is 0 Å². The average Bonchev–Trinajstić information content (AvgIpc) is 2.90. The zero-order valence-electron chi connectivity index (χ0n) is 14.2. The van der Waals surface area contributed by atoms with E-state index in [1.54, 1.807) is 4.90 Å². The van der Waals surface area contributed by atoms with Gasteiger partial charge in [0, 0.05) is 25.2 Å². The van der Waals surface area contributed by atoms with E-state index in [1.165, 1.54) is 12.1 Å². The highest BCUT2D eigenvalue weighted by atomic mass is 35.5. The third-order valence-corrected chi connectivity index (χ3v) is 4.70. The number of halogens is 4. The van der Waals surface area contributed by atoms with Crippen molar-refractivity contribution in [1.82, 2.24) is 10.2 Å². The fourth-order valence-corrected chi connectivity index (χ4v) is 3.45. The maximum absolute atomic E-state index is 13.1. The summed E-state index contributed by atoms with van der Waals surface area (Å²) in [6.45, 7) is 4.69. The van der Waals surface area contributed by atoms with Crippen LogP contribution in [-0.4, -0.2) is 42.6 Å². The Bertz CT molecular complexity index is 666. The Kier molecular flexibility index (Phi) is 6.58. The summed E-state index contributed by atoms with van der Waals surface area (Å²) in [6.07, 6.45) is -0.142. The second-order valence-electron chi connectivity index (χ2n) is 6.49. The predicted molar refractivity (Wildman–Crippen MR) is 94.9 cm³/mol. The number of amides is 1. The molecule has 2 heterocycles. The van der Waals surface area contributed by atoms with Crippen molar-refractivity contribution in [2.45, 2.75) is 37.5 Å². The molecule has 1 aromatic carbocycles. The molecule has 4 nitrogen and oxygen atoms in total. The van der Waals surface area contributed by atoms with Gasteiger partial charge in [-0.3, -0.25) is 4.79 Å². The van der Waals surface area contributed by atoms with Gasteiger partial charge in [0.2, 0.25) is 0 Å². The molecule has 0 saturated carbocycles. The predicted octanol–water partition coefficient (Wildman–Crippen LogP) is 3.66. The highest BCUT2D eigenvalue weighted by Gasteiger charge is 2.35. The van der Waals surface area contributed by atoms with Gasteiger partial charge in [0.15, 0.2) is 0 Å². The molecule has 2 aliphatic rings. The molecule has 0 radical (unpaired) electrons. The third-order valence-electron chi connectivity index (χ3n) is 4.70. The van der Waals surface area contributed by atoms with Gasteiger partial charge in [-0.15, -0.1) is 12.4 Å². The van der Waals surface area contributed by atoms with Crippen molar-refractivity contribution in [2.24, 2.45) is 0 Å². The molecule has 1 N–H and O–H groups in total. The summed E-state index contributed by atoms with van der Waals surface area (Å²) in [5.41, 5.74) is -0.897. The molecule has 1 amide bonds. The molecule has 2 unspecified atom stereocenters. The summed E-state index contributed by atoms with van der Waals surface area (Å²) >= 11 is 0. The number of fused-ring (bicyclic) bond motifs is 2. The van der Waals surface area contributed by atoms with Crippen LogP contribution in [-0.2, 0) is 6.18 Å². The lowest BCUT2D eigenvalue weighted by Crippen LogP contribution is -2.39. The molecule has 0 spiro atoms. The molecule has 2 saturated heterocycles. The van der Waals surface area contributed by atoms with E-state index >= 15 is 0 Å². The minimum absolute atomic E-state index is 0. The summed E-state index contributed by atoms with van der Waals surface area (Å²) < 4.78 is 44.6. The maximum atomic E-state index is 13.1. The SMILES string of the molecule is C=CCOc1ccc(C(F)(F)F)cc1C(=O)N1CCC2CCC(C1)N2.Cl. The van der Waals surface area contributed by atoms with Crippen LogP contribution in [0.1, 0.15) is 35.2 Å². The lowest BCUT2D eigenvalue weighted by Gasteiger charge is -2.25.